The molecule has 1 amide bonds. The molecule has 1 aromatic carbocycles. The molecule has 28 heavy (non-hydrogen) atoms. The van der Waals surface area contributed by atoms with Crippen LogP contribution in [-0.4, -0.2) is 29.4 Å². The zero-order valence-corrected chi connectivity index (χ0v) is 17.0. The van der Waals surface area contributed by atoms with Gasteiger partial charge in [0.1, 0.15) is 5.54 Å². The highest BCUT2D eigenvalue weighted by atomic mass is 19.4. The van der Waals surface area contributed by atoms with Crippen LogP contribution >= 0.6 is 0 Å². The van der Waals surface area contributed by atoms with Gasteiger partial charge in [-0.3, -0.25) is 4.79 Å². The second-order valence-electron chi connectivity index (χ2n) is 9.42. The Labute approximate surface area is 165 Å². The van der Waals surface area contributed by atoms with E-state index in [2.05, 4.69) is 26.1 Å². The molecule has 1 N–H and O–H groups in total. The van der Waals surface area contributed by atoms with E-state index in [0.717, 1.165) is 63.7 Å². The monoisotopic (exact) mass is 396 g/mol. The Morgan fingerprint density at radius 1 is 1.04 bits per heavy atom. The van der Waals surface area contributed by atoms with Crippen molar-refractivity contribution in [3.63, 3.8) is 0 Å². The van der Waals surface area contributed by atoms with Crippen LogP contribution in [0, 0.1) is 11.3 Å². The van der Waals surface area contributed by atoms with Gasteiger partial charge in [0.15, 0.2) is 0 Å². The summed E-state index contributed by atoms with van der Waals surface area (Å²) in [6.07, 6.45) is 1.03. The first-order valence-electron chi connectivity index (χ1n) is 10.3. The Hall–Kier alpha value is -1.72. The molecule has 2 aliphatic rings. The third-order valence-corrected chi connectivity index (χ3v) is 6.47. The Balaban J connectivity index is 1.71. The maximum atomic E-state index is 13.4. The summed E-state index contributed by atoms with van der Waals surface area (Å²) in [4.78, 5) is 15.4. The average molecular weight is 396 g/mol. The molecule has 2 fully saturated rings. The van der Waals surface area contributed by atoms with E-state index in [0.29, 0.717) is 11.6 Å². The van der Waals surface area contributed by atoms with Crippen molar-refractivity contribution in [1.29, 1.82) is 0 Å². The fraction of sp³-hybridized carbons (Fsp3) is 0.682. The van der Waals surface area contributed by atoms with E-state index in [-0.39, 0.29) is 11.3 Å². The number of nitrogens with zero attached hydrogens (tertiary/aromatic N) is 1. The van der Waals surface area contributed by atoms with Crippen molar-refractivity contribution in [2.45, 2.75) is 71.0 Å². The van der Waals surface area contributed by atoms with Crippen LogP contribution in [0.15, 0.2) is 24.3 Å². The van der Waals surface area contributed by atoms with E-state index in [1.54, 1.807) is 0 Å². The molecule has 1 saturated heterocycles. The van der Waals surface area contributed by atoms with Gasteiger partial charge in [0, 0.05) is 18.8 Å². The third-order valence-electron chi connectivity index (χ3n) is 6.47. The van der Waals surface area contributed by atoms with Crippen LogP contribution in [0.25, 0.3) is 0 Å². The fourth-order valence-electron chi connectivity index (χ4n) is 4.64. The zero-order chi connectivity index (χ0) is 20.6. The van der Waals surface area contributed by atoms with E-state index in [1.165, 1.54) is 12.1 Å². The summed E-state index contributed by atoms with van der Waals surface area (Å²) in [7, 11) is 0. The highest BCUT2D eigenvalue weighted by Gasteiger charge is 2.45. The van der Waals surface area contributed by atoms with Gasteiger partial charge in [0.2, 0.25) is 5.91 Å². The summed E-state index contributed by atoms with van der Waals surface area (Å²) in [5.41, 5.74) is -0.533. The lowest BCUT2D eigenvalue weighted by Gasteiger charge is -2.42. The minimum atomic E-state index is -4.35. The quantitative estimate of drug-likeness (QED) is 0.709. The largest absolute Gasteiger partial charge is 0.416 e. The maximum Gasteiger partial charge on any atom is 0.416 e. The predicted octanol–water partition coefficient (Wildman–Crippen LogP) is 5.71. The molecule has 0 radical (unpaired) electrons. The second kappa shape index (κ2) is 7.60. The Kier molecular flexibility index (Phi) is 5.70. The van der Waals surface area contributed by atoms with Crippen molar-refractivity contribution in [3.05, 3.63) is 29.8 Å². The number of alkyl halides is 3. The Morgan fingerprint density at radius 3 is 2.04 bits per heavy atom. The van der Waals surface area contributed by atoms with Crippen LogP contribution in [0.4, 0.5) is 18.9 Å². The smallest absolute Gasteiger partial charge is 0.371 e. The zero-order valence-electron chi connectivity index (χ0n) is 17.0. The van der Waals surface area contributed by atoms with Crippen LogP contribution in [0.3, 0.4) is 0 Å². The number of rotatable bonds is 3. The van der Waals surface area contributed by atoms with E-state index < -0.39 is 17.3 Å². The molecule has 3 rings (SSSR count). The van der Waals surface area contributed by atoms with Gasteiger partial charge in [-0.1, -0.05) is 33.6 Å². The highest BCUT2D eigenvalue weighted by Crippen LogP contribution is 2.39. The molecule has 0 aromatic heterocycles. The van der Waals surface area contributed by atoms with Gasteiger partial charge in [-0.15, -0.1) is 0 Å². The van der Waals surface area contributed by atoms with Gasteiger partial charge in [-0.2, -0.15) is 13.2 Å². The topological polar surface area (TPSA) is 32.3 Å². The second-order valence-corrected chi connectivity index (χ2v) is 9.42. The van der Waals surface area contributed by atoms with E-state index in [4.69, 9.17) is 0 Å². The standard InChI is InChI=1S/C22H31F3N2O/c1-20(2,3)16-10-14-27(15-11-16)19(28)21(12-4-5-13-21)26-18-8-6-17(7-9-18)22(23,24)25/h6-9,16,26H,4-5,10-15H2,1-3H3. The molecule has 1 aliphatic heterocycles. The summed E-state index contributed by atoms with van der Waals surface area (Å²) in [6.45, 7) is 8.27. The number of carbonyl (C=O) groups excluding carboxylic acids is 1. The fourth-order valence-corrected chi connectivity index (χ4v) is 4.64. The van der Waals surface area contributed by atoms with Gasteiger partial charge in [0.05, 0.1) is 5.56 Å². The number of amides is 1. The number of anilines is 1. The van der Waals surface area contributed by atoms with Crippen molar-refractivity contribution in [2.75, 3.05) is 18.4 Å². The molecule has 156 valence electrons. The number of hydrogen-bond acceptors (Lipinski definition) is 2. The minimum absolute atomic E-state index is 0.109. The molecule has 1 heterocycles. The molecular weight excluding hydrogens is 365 g/mol. The molecule has 6 heteroatoms. The first kappa shape index (κ1) is 21.0. The molecule has 0 atom stereocenters. The Morgan fingerprint density at radius 2 is 1.57 bits per heavy atom. The highest BCUT2D eigenvalue weighted by molar-refractivity contribution is 5.90. The lowest BCUT2D eigenvalue weighted by atomic mass is 9.75. The van der Waals surface area contributed by atoms with Crippen molar-refractivity contribution in [2.24, 2.45) is 11.3 Å². The minimum Gasteiger partial charge on any atom is -0.371 e. The molecule has 1 saturated carbocycles. The van der Waals surface area contributed by atoms with E-state index in [9.17, 15) is 18.0 Å². The third kappa shape index (κ3) is 4.47. The number of halogens is 3. The van der Waals surface area contributed by atoms with Crippen molar-refractivity contribution in [1.82, 2.24) is 4.90 Å². The van der Waals surface area contributed by atoms with Crippen molar-refractivity contribution in [3.8, 4) is 0 Å². The lowest BCUT2D eigenvalue weighted by Crippen LogP contribution is -2.54. The number of likely N-dealkylation sites (tertiary alicyclic amines) is 1. The number of benzene rings is 1. The van der Waals surface area contributed by atoms with Crippen LogP contribution in [0.2, 0.25) is 0 Å². The van der Waals surface area contributed by atoms with Crippen LogP contribution in [-0.2, 0) is 11.0 Å². The van der Waals surface area contributed by atoms with E-state index >= 15 is 0 Å². The van der Waals surface area contributed by atoms with Gasteiger partial charge >= 0.3 is 6.18 Å². The van der Waals surface area contributed by atoms with E-state index in [1.807, 2.05) is 4.90 Å². The number of carbonyl (C=O) groups is 1. The summed E-state index contributed by atoms with van der Waals surface area (Å²) >= 11 is 0. The number of piperidine rings is 1. The van der Waals surface area contributed by atoms with Gasteiger partial charge in [-0.25, -0.2) is 0 Å². The maximum absolute atomic E-state index is 13.4. The van der Waals surface area contributed by atoms with Gasteiger partial charge in [-0.05, 0) is 61.3 Å². The molecule has 0 unspecified atom stereocenters. The molecule has 0 spiro atoms. The van der Waals surface area contributed by atoms with Gasteiger partial charge in [0.25, 0.3) is 0 Å². The molecule has 1 aromatic rings. The van der Waals surface area contributed by atoms with Crippen molar-refractivity contribution < 1.29 is 18.0 Å². The normalized spacial score (nSPS) is 21.0. The molecule has 0 bridgehead atoms. The van der Waals surface area contributed by atoms with Crippen molar-refractivity contribution >= 4 is 11.6 Å². The molecule has 1 aliphatic carbocycles. The van der Waals surface area contributed by atoms with Crippen LogP contribution in [0.1, 0.15) is 64.9 Å². The van der Waals surface area contributed by atoms with Crippen LogP contribution < -0.4 is 5.32 Å². The summed E-state index contributed by atoms with van der Waals surface area (Å²) in [5, 5.41) is 3.31. The summed E-state index contributed by atoms with van der Waals surface area (Å²) in [5.74, 6) is 0.719. The lowest BCUT2D eigenvalue weighted by molar-refractivity contribution is -0.138. The van der Waals surface area contributed by atoms with Crippen LogP contribution in [0.5, 0.6) is 0 Å². The molecule has 3 nitrogen and oxygen atoms in total. The number of nitrogens with one attached hydrogen (secondary N) is 1. The predicted molar refractivity (Wildman–Crippen MR) is 105 cm³/mol. The molecular formula is C22H31F3N2O. The average Bonchev–Trinajstić information content (AvgIpc) is 3.10. The Bertz CT molecular complexity index is 677. The number of hydrogen-bond donors (Lipinski definition) is 1. The SMILES string of the molecule is CC(C)(C)C1CCN(C(=O)C2(Nc3ccc(C(F)(F)F)cc3)CCCC2)CC1. The first-order chi connectivity index (χ1) is 13.0. The van der Waals surface area contributed by atoms with Gasteiger partial charge < -0.3 is 10.2 Å². The summed E-state index contributed by atoms with van der Waals surface area (Å²) < 4.78 is 38.4. The first-order valence-corrected chi connectivity index (χ1v) is 10.3. The summed E-state index contributed by atoms with van der Waals surface area (Å²) in [6, 6.07) is 5.01.